The molecule has 2 heterocycles. The Morgan fingerprint density at radius 3 is 2.18 bits per heavy atom. The number of carbonyl (C=O) groups excluding carboxylic acids is 4. The molecule has 0 aromatic carbocycles. The van der Waals surface area contributed by atoms with Crippen LogP contribution in [0.3, 0.4) is 0 Å². The highest BCUT2D eigenvalue weighted by molar-refractivity contribution is 5.89. The van der Waals surface area contributed by atoms with Crippen molar-refractivity contribution in [1.29, 1.82) is 0 Å². The Labute approximate surface area is 330 Å². The molecule has 314 valence electrons. The Hall–Kier alpha value is -2.54. The van der Waals surface area contributed by atoms with E-state index in [9.17, 15) is 24.3 Å². The highest BCUT2D eigenvalue weighted by Gasteiger charge is 2.72. The summed E-state index contributed by atoms with van der Waals surface area (Å²) in [5.74, 6) is -0.659. The first-order chi connectivity index (χ1) is 25.7. The second-order valence-electron chi connectivity index (χ2n) is 19.0. The van der Waals surface area contributed by atoms with Crippen molar-refractivity contribution < 1.29 is 43.2 Å². The van der Waals surface area contributed by atoms with Crippen molar-refractivity contribution >= 4 is 23.7 Å². The number of amides is 3. The lowest BCUT2D eigenvalue weighted by atomic mass is 9.64. The number of allylic oxidation sites excluding steroid dienone is 1. The SMILES string of the molecule is COC1C(OC(=O)CC2CCC(NC(=O)CNC(=O)C(C)(CC(C)(CC(C)C)C(=O)NCC(C)O)C(C)C)CC2)CC[C@]2(CO2)C1[C@@]1(C)O[C@@H]1CC=C(C)C. The maximum absolute atomic E-state index is 13.7. The molecule has 0 aromatic heterocycles. The topological polar surface area (TPSA) is 168 Å². The molecule has 2 saturated carbocycles. The van der Waals surface area contributed by atoms with Crippen LogP contribution >= 0.6 is 0 Å². The third-order valence-corrected chi connectivity index (χ3v) is 13.1. The van der Waals surface area contributed by atoms with Crippen molar-refractivity contribution in [3.63, 3.8) is 0 Å². The first kappa shape index (κ1) is 45.2. The van der Waals surface area contributed by atoms with Gasteiger partial charge in [-0.1, -0.05) is 53.2 Å². The Balaban J connectivity index is 1.24. The molecular weight excluding hydrogens is 702 g/mol. The molecule has 1 spiro atoms. The highest BCUT2D eigenvalue weighted by atomic mass is 16.6. The average Bonchev–Trinajstić information content (AvgIpc) is 4.02. The molecule has 0 bridgehead atoms. The maximum Gasteiger partial charge on any atom is 0.306 e. The molecule has 6 unspecified atom stereocenters. The summed E-state index contributed by atoms with van der Waals surface area (Å²) in [6, 6.07) is -0.0367. The molecule has 4 aliphatic rings. The van der Waals surface area contributed by atoms with E-state index in [2.05, 4.69) is 42.8 Å². The molecule has 2 saturated heterocycles. The smallest absolute Gasteiger partial charge is 0.306 e. The zero-order valence-corrected chi connectivity index (χ0v) is 35.7. The van der Waals surface area contributed by atoms with E-state index in [0.717, 1.165) is 38.5 Å². The van der Waals surface area contributed by atoms with Crippen LogP contribution in [0, 0.1) is 34.5 Å². The number of epoxide rings is 2. The molecule has 55 heavy (non-hydrogen) atoms. The molecule has 0 radical (unpaired) electrons. The van der Waals surface area contributed by atoms with Gasteiger partial charge in [-0.15, -0.1) is 0 Å². The number of methoxy groups -OCH3 is 1. The van der Waals surface area contributed by atoms with Crippen LogP contribution in [0.1, 0.15) is 133 Å². The Bertz CT molecular complexity index is 1380. The van der Waals surface area contributed by atoms with Crippen molar-refractivity contribution in [2.24, 2.45) is 34.5 Å². The zero-order chi connectivity index (χ0) is 40.9. The Kier molecular flexibility index (Phi) is 15.1. The van der Waals surface area contributed by atoms with Crippen LogP contribution < -0.4 is 16.0 Å². The van der Waals surface area contributed by atoms with Gasteiger partial charge in [0, 0.05) is 36.9 Å². The van der Waals surface area contributed by atoms with Crippen molar-refractivity contribution in [1.82, 2.24) is 16.0 Å². The van der Waals surface area contributed by atoms with E-state index >= 15 is 0 Å². The summed E-state index contributed by atoms with van der Waals surface area (Å²) in [6.07, 6.45) is 7.56. The van der Waals surface area contributed by atoms with Crippen LogP contribution in [0.4, 0.5) is 0 Å². The molecule has 0 aromatic rings. The van der Waals surface area contributed by atoms with Gasteiger partial charge >= 0.3 is 5.97 Å². The summed E-state index contributed by atoms with van der Waals surface area (Å²) in [6.45, 7) is 20.4. The second-order valence-corrected chi connectivity index (χ2v) is 19.0. The van der Waals surface area contributed by atoms with Gasteiger partial charge in [-0.2, -0.15) is 0 Å². The molecule has 4 fully saturated rings. The first-order valence-corrected chi connectivity index (χ1v) is 20.9. The molecule has 9 atom stereocenters. The number of nitrogens with one attached hydrogen (secondary N) is 3. The molecule has 3 amide bonds. The molecule has 2 aliphatic heterocycles. The number of hydrogen-bond donors (Lipinski definition) is 4. The van der Waals surface area contributed by atoms with Crippen molar-refractivity contribution in [2.45, 2.75) is 175 Å². The van der Waals surface area contributed by atoms with E-state index in [1.165, 1.54) is 5.57 Å². The Morgan fingerprint density at radius 2 is 1.64 bits per heavy atom. The highest BCUT2D eigenvalue weighted by Crippen LogP contribution is 2.59. The van der Waals surface area contributed by atoms with Gasteiger partial charge in [0.15, 0.2) is 0 Å². The quantitative estimate of drug-likeness (QED) is 0.0765. The molecule has 12 nitrogen and oxygen atoms in total. The van der Waals surface area contributed by atoms with E-state index in [0.29, 0.717) is 32.3 Å². The van der Waals surface area contributed by atoms with Gasteiger partial charge in [-0.3, -0.25) is 19.2 Å². The minimum absolute atomic E-state index is 0.0203. The molecule has 4 rings (SSSR count). The van der Waals surface area contributed by atoms with Gasteiger partial charge in [0.1, 0.15) is 23.4 Å². The van der Waals surface area contributed by atoms with E-state index in [1.807, 2.05) is 41.5 Å². The van der Waals surface area contributed by atoms with Crippen LogP contribution in [0.25, 0.3) is 0 Å². The van der Waals surface area contributed by atoms with Crippen molar-refractivity contribution in [2.75, 3.05) is 26.8 Å². The van der Waals surface area contributed by atoms with E-state index < -0.39 is 16.9 Å². The summed E-state index contributed by atoms with van der Waals surface area (Å²) in [4.78, 5) is 53.5. The number of hydrogen-bond acceptors (Lipinski definition) is 9. The summed E-state index contributed by atoms with van der Waals surface area (Å²) in [7, 11) is 1.69. The van der Waals surface area contributed by atoms with Gasteiger partial charge in [-0.25, -0.2) is 0 Å². The fourth-order valence-corrected chi connectivity index (χ4v) is 9.63. The van der Waals surface area contributed by atoms with Gasteiger partial charge in [0.2, 0.25) is 17.7 Å². The molecule has 2 aliphatic carbocycles. The van der Waals surface area contributed by atoms with Crippen LogP contribution in [0.15, 0.2) is 11.6 Å². The first-order valence-electron chi connectivity index (χ1n) is 20.9. The normalized spacial score (nSPS) is 32.8. The van der Waals surface area contributed by atoms with Crippen LogP contribution in [0.5, 0.6) is 0 Å². The monoisotopic (exact) mass is 776 g/mol. The Morgan fingerprint density at radius 1 is 0.982 bits per heavy atom. The predicted octanol–water partition coefficient (Wildman–Crippen LogP) is 5.39. The van der Waals surface area contributed by atoms with E-state index in [4.69, 9.17) is 18.9 Å². The van der Waals surface area contributed by atoms with Crippen LogP contribution in [0.2, 0.25) is 0 Å². The van der Waals surface area contributed by atoms with E-state index in [-0.39, 0.29) is 96.0 Å². The third kappa shape index (κ3) is 11.3. The molecule has 12 heteroatoms. The van der Waals surface area contributed by atoms with Gasteiger partial charge in [0.05, 0.1) is 31.3 Å². The summed E-state index contributed by atoms with van der Waals surface area (Å²) in [5, 5.41) is 18.5. The summed E-state index contributed by atoms with van der Waals surface area (Å²) >= 11 is 0. The van der Waals surface area contributed by atoms with Crippen molar-refractivity contribution in [3.05, 3.63) is 11.6 Å². The summed E-state index contributed by atoms with van der Waals surface area (Å²) in [5.41, 5.74) is -1.16. The van der Waals surface area contributed by atoms with Gasteiger partial charge < -0.3 is 40.0 Å². The number of rotatable bonds is 19. The third-order valence-electron chi connectivity index (χ3n) is 13.1. The largest absolute Gasteiger partial charge is 0.460 e. The molecular formula is C43H73N3O9. The second kappa shape index (κ2) is 18.4. The summed E-state index contributed by atoms with van der Waals surface area (Å²) < 4.78 is 24.6. The average molecular weight is 776 g/mol. The maximum atomic E-state index is 13.7. The van der Waals surface area contributed by atoms with Crippen LogP contribution in [-0.2, 0) is 38.1 Å². The number of esters is 1. The number of aliphatic hydroxyl groups excluding tert-OH is 1. The van der Waals surface area contributed by atoms with Gasteiger partial charge in [0.25, 0.3) is 0 Å². The zero-order valence-electron chi connectivity index (χ0n) is 35.7. The minimum Gasteiger partial charge on any atom is -0.460 e. The van der Waals surface area contributed by atoms with E-state index in [1.54, 1.807) is 14.0 Å². The fraction of sp³-hybridized carbons (Fsp3) is 0.860. The standard InChI is InChI=1S/C43H73N3O9/c1-26(2)12-17-33-42(10,55-33)37-36(52-11)32(18-19-43(37)25-53-43)54-35(49)20-30-13-15-31(16-14-30)46-34(48)23-45-39(51)41(9,28(5)6)24-40(8,21-27(3)4)38(50)44-22-29(7)47/h12,27-33,36-37,47H,13-25H2,1-11H3,(H,44,50)(H,45,51)(H,46,48)/t29?,30?,31?,32?,33-,36?,37?,40?,41?,42+,43+/m1/s1. The lowest BCUT2D eigenvalue weighted by Gasteiger charge is -2.42. The fourth-order valence-electron chi connectivity index (χ4n) is 9.63. The number of ether oxygens (including phenoxy) is 4. The lowest BCUT2D eigenvalue weighted by molar-refractivity contribution is -0.173. The van der Waals surface area contributed by atoms with Crippen molar-refractivity contribution in [3.8, 4) is 0 Å². The number of aliphatic hydroxyl groups is 1. The molecule has 4 N–H and O–H groups in total. The number of carbonyl (C=O) groups is 4. The lowest BCUT2D eigenvalue weighted by Crippen LogP contribution is -2.55. The van der Waals surface area contributed by atoms with Crippen LogP contribution in [-0.4, -0.2) is 97.3 Å². The predicted molar refractivity (Wildman–Crippen MR) is 211 cm³/mol. The van der Waals surface area contributed by atoms with Gasteiger partial charge in [-0.05, 0) is 103 Å². The minimum atomic E-state index is -0.912.